The lowest BCUT2D eigenvalue weighted by molar-refractivity contribution is 0.213. The second kappa shape index (κ2) is 9.81. The summed E-state index contributed by atoms with van der Waals surface area (Å²) in [6.45, 7) is 15.6. The largest absolute Gasteiger partial charge is 0.329 e. The topological polar surface area (TPSA) is 51.8 Å². The van der Waals surface area contributed by atoms with Crippen LogP contribution in [0.25, 0.3) is 11.0 Å². The first-order valence-corrected chi connectivity index (χ1v) is 13.3. The molecule has 6 nitrogen and oxygen atoms in total. The van der Waals surface area contributed by atoms with Gasteiger partial charge in [-0.25, -0.2) is 9.67 Å². The van der Waals surface area contributed by atoms with E-state index in [-0.39, 0.29) is 11.3 Å². The predicted octanol–water partition coefficient (Wildman–Crippen LogP) is 5.99. The fraction of sp³-hybridized carbons (Fsp3) is 0.500. The van der Waals surface area contributed by atoms with E-state index in [9.17, 15) is 0 Å². The summed E-state index contributed by atoms with van der Waals surface area (Å²) in [5.41, 5.74) is 8.71. The van der Waals surface area contributed by atoms with Crippen molar-refractivity contribution in [2.45, 2.75) is 72.9 Å². The van der Waals surface area contributed by atoms with Gasteiger partial charge >= 0.3 is 0 Å². The molecule has 0 amide bonds. The number of aryl methyl sites for hydroxylation is 3. The summed E-state index contributed by atoms with van der Waals surface area (Å²) >= 11 is 0. The summed E-state index contributed by atoms with van der Waals surface area (Å²) in [6.07, 6.45) is 8.05. The van der Waals surface area contributed by atoms with Crippen LogP contribution < -0.4 is 0 Å². The minimum absolute atomic E-state index is 0.0433. The van der Waals surface area contributed by atoms with Gasteiger partial charge in [-0.1, -0.05) is 56.7 Å². The van der Waals surface area contributed by atoms with Crippen molar-refractivity contribution in [2.75, 3.05) is 13.1 Å². The summed E-state index contributed by atoms with van der Waals surface area (Å²) in [7, 11) is 1.96. The molecular weight excluding hydrogens is 444 g/mol. The SMILES string of the molecule is Cc1ccc(C(c2ccc3c(nnn3C)c2C)C(C)(C)C)cc1Cn1ccnc1CN1CCCCC1. The Balaban J connectivity index is 1.49. The lowest BCUT2D eigenvalue weighted by Gasteiger charge is -2.33. The Labute approximate surface area is 215 Å². The summed E-state index contributed by atoms with van der Waals surface area (Å²) in [5, 5.41) is 8.74. The van der Waals surface area contributed by atoms with Crippen LogP contribution in [0.1, 0.15) is 79.6 Å². The zero-order valence-electron chi connectivity index (χ0n) is 22.8. The summed E-state index contributed by atoms with van der Waals surface area (Å²) in [5.74, 6) is 1.41. The maximum Gasteiger partial charge on any atom is 0.123 e. The van der Waals surface area contributed by atoms with Gasteiger partial charge in [-0.05, 0) is 79.1 Å². The van der Waals surface area contributed by atoms with Crippen LogP contribution in [0.5, 0.6) is 0 Å². The van der Waals surface area contributed by atoms with Gasteiger partial charge in [0.2, 0.25) is 0 Å². The van der Waals surface area contributed by atoms with Crippen LogP contribution in [0, 0.1) is 19.3 Å². The number of likely N-dealkylation sites (tertiary alicyclic amines) is 1. The second-order valence-electron chi connectivity index (χ2n) is 11.7. The van der Waals surface area contributed by atoms with Gasteiger partial charge in [0, 0.05) is 31.9 Å². The fourth-order valence-corrected chi connectivity index (χ4v) is 5.89. The van der Waals surface area contributed by atoms with Crippen molar-refractivity contribution < 1.29 is 0 Å². The van der Waals surface area contributed by atoms with Crippen molar-refractivity contribution in [3.05, 3.63) is 76.4 Å². The third kappa shape index (κ3) is 4.83. The predicted molar refractivity (Wildman–Crippen MR) is 146 cm³/mol. The first-order chi connectivity index (χ1) is 17.2. The van der Waals surface area contributed by atoms with E-state index in [0.29, 0.717) is 0 Å². The normalized spacial score (nSPS) is 16.1. The molecule has 2 aromatic heterocycles. The molecule has 5 rings (SSSR count). The molecule has 0 aliphatic carbocycles. The molecule has 36 heavy (non-hydrogen) atoms. The zero-order valence-corrected chi connectivity index (χ0v) is 22.8. The van der Waals surface area contributed by atoms with Crippen LogP contribution in [0.2, 0.25) is 0 Å². The number of aromatic nitrogens is 5. The molecule has 3 heterocycles. The maximum absolute atomic E-state index is 4.73. The molecule has 4 aromatic rings. The third-order valence-corrected chi connectivity index (χ3v) is 7.92. The number of hydrogen-bond donors (Lipinski definition) is 0. The highest BCUT2D eigenvalue weighted by molar-refractivity contribution is 5.79. The fourth-order valence-electron chi connectivity index (χ4n) is 5.89. The Morgan fingerprint density at radius 1 is 0.972 bits per heavy atom. The molecule has 2 aromatic carbocycles. The number of piperidine rings is 1. The van der Waals surface area contributed by atoms with Gasteiger partial charge in [0.15, 0.2) is 0 Å². The molecule has 0 bridgehead atoms. The van der Waals surface area contributed by atoms with Crippen molar-refractivity contribution in [3.63, 3.8) is 0 Å². The molecule has 190 valence electrons. The molecular formula is C30H40N6. The van der Waals surface area contributed by atoms with Crippen LogP contribution in [0.15, 0.2) is 42.7 Å². The number of nitrogens with zero attached hydrogens (tertiary/aromatic N) is 6. The monoisotopic (exact) mass is 484 g/mol. The van der Waals surface area contributed by atoms with Crippen LogP contribution in [0.4, 0.5) is 0 Å². The average molecular weight is 485 g/mol. The molecule has 1 aliphatic heterocycles. The highest BCUT2D eigenvalue weighted by atomic mass is 15.4. The van der Waals surface area contributed by atoms with E-state index in [2.05, 4.69) is 90.9 Å². The zero-order chi connectivity index (χ0) is 25.4. The van der Waals surface area contributed by atoms with Gasteiger partial charge in [0.1, 0.15) is 11.3 Å². The molecule has 0 radical (unpaired) electrons. The highest BCUT2D eigenvalue weighted by Crippen LogP contribution is 2.43. The Bertz CT molecular complexity index is 1350. The molecule has 0 N–H and O–H groups in total. The van der Waals surface area contributed by atoms with Gasteiger partial charge in [-0.15, -0.1) is 5.10 Å². The standard InChI is InChI=1S/C30H40N6/c1-21-10-11-23(18-24(21)19-36-17-14-31-27(36)20-35-15-8-7-9-16-35)28(30(3,4)5)25-12-13-26-29(22(25)2)32-33-34(26)6/h10-14,17-18,28H,7-9,15-16,19-20H2,1-6H3. The molecule has 6 heteroatoms. The first-order valence-electron chi connectivity index (χ1n) is 13.3. The van der Waals surface area contributed by atoms with Gasteiger partial charge in [-0.3, -0.25) is 4.90 Å². The van der Waals surface area contributed by atoms with Crippen molar-refractivity contribution in [1.29, 1.82) is 0 Å². The molecule has 1 aliphatic rings. The lowest BCUT2D eigenvalue weighted by atomic mass is 9.71. The number of fused-ring (bicyclic) bond motifs is 1. The second-order valence-corrected chi connectivity index (χ2v) is 11.7. The van der Waals surface area contributed by atoms with Gasteiger partial charge in [0.05, 0.1) is 12.1 Å². The van der Waals surface area contributed by atoms with E-state index in [1.165, 1.54) is 60.2 Å². The summed E-state index contributed by atoms with van der Waals surface area (Å²) in [6, 6.07) is 11.5. The summed E-state index contributed by atoms with van der Waals surface area (Å²) < 4.78 is 4.19. The first kappa shape index (κ1) is 24.7. The number of rotatable bonds is 6. The quantitative estimate of drug-likeness (QED) is 0.337. The molecule has 1 fully saturated rings. The minimum atomic E-state index is 0.0433. The molecule has 0 saturated carbocycles. The average Bonchev–Trinajstić information content (AvgIpc) is 3.44. The van der Waals surface area contributed by atoms with Crippen LogP contribution in [-0.2, 0) is 20.1 Å². The minimum Gasteiger partial charge on any atom is -0.329 e. The van der Waals surface area contributed by atoms with E-state index in [4.69, 9.17) is 4.98 Å². The maximum atomic E-state index is 4.73. The smallest absolute Gasteiger partial charge is 0.123 e. The Morgan fingerprint density at radius 3 is 2.50 bits per heavy atom. The summed E-state index contributed by atoms with van der Waals surface area (Å²) in [4.78, 5) is 7.28. The molecule has 1 saturated heterocycles. The molecule has 1 unspecified atom stereocenters. The third-order valence-electron chi connectivity index (χ3n) is 7.92. The van der Waals surface area contributed by atoms with Crippen molar-refractivity contribution >= 4 is 11.0 Å². The van der Waals surface area contributed by atoms with E-state index in [1.807, 2.05) is 17.9 Å². The van der Waals surface area contributed by atoms with Crippen LogP contribution in [-0.4, -0.2) is 42.5 Å². The van der Waals surface area contributed by atoms with E-state index in [1.54, 1.807) is 0 Å². The highest BCUT2D eigenvalue weighted by Gasteiger charge is 2.30. The van der Waals surface area contributed by atoms with Crippen LogP contribution >= 0.6 is 0 Å². The van der Waals surface area contributed by atoms with Crippen LogP contribution in [0.3, 0.4) is 0 Å². The van der Waals surface area contributed by atoms with E-state index >= 15 is 0 Å². The van der Waals surface area contributed by atoms with Gasteiger partial charge < -0.3 is 4.57 Å². The lowest BCUT2D eigenvalue weighted by Crippen LogP contribution is -2.30. The van der Waals surface area contributed by atoms with Gasteiger partial charge in [0.25, 0.3) is 0 Å². The Kier molecular flexibility index (Phi) is 6.73. The van der Waals surface area contributed by atoms with Gasteiger partial charge in [-0.2, -0.15) is 0 Å². The molecule has 1 atom stereocenters. The van der Waals surface area contributed by atoms with E-state index in [0.717, 1.165) is 29.9 Å². The molecule has 0 spiro atoms. The van der Waals surface area contributed by atoms with Crippen molar-refractivity contribution in [1.82, 2.24) is 29.4 Å². The van der Waals surface area contributed by atoms with Crippen molar-refractivity contribution in [2.24, 2.45) is 12.5 Å². The number of benzene rings is 2. The number of hydrogen-bond acceptors (Lipinski definition) is 4. The Morgan fingerprint density at radius 2 is 1.75 bits per heavy atom. The Hall–Kier alpha value is -2.99. The number of imidazole rings is 1. The van der Waals surface area contributed by atoms with Crippen molar-refractivity contribution in [3.8, 4) is 0 Å². The van der Waals surface area contributed by atoms with E-state index < -0.39 is 0 Å².